The average molecular weight is 442 g/mol. The molecule has 1 unspecified atom stereocenters. The van der Waals surface area contributed by atoms with E-state index in [2.05, 4.69) is 26.6 Å². The Morgan fingerprint density at radius 3 is 2.41 bits per heavy atom. The predicted octanol–water partition coefficient (Wildman–Crippen LogP) is 2.53. The number of hydrogen-bond donors (Lipinski definition) is 5. The van der Waals surface area contributed by atoms with E-state index in [1.54, 1.807) is 0 Å². The molecule has 0 aliphatic rings. The van der Waals surface area contributed by atoms with Crippen LogP contribution in [0.1, 0.15) is 38.2 Å². The van der Waals surface area contributed by atoms with Crippen LogP contribution in [0.15, 0.2) is 36.4 Å². The molecule has 8 heteroatoms. The van der Waals surface area contributed by atoms with Crippen LogP contribution in [0.25, 0.3) is 10.8 Å². The predicted molar refractivity (Wildman–Crippen MR) is 129 cm³/mol. The van der Waals surface area contributed by atoms with Gasteiger partial charge >= 0.3 is 6.03 Å². The standard InChI is InChI=1S/C24H35N5O3/c1-3-11-27-24(32)28-13-8-4-7-12-26-23(31)22(29-17-30)16-18-14-19-9-5-6-10-20(19)21(15-18)25-2/h5-6,9-10,14-15,17,22,25H,3-4,7-8,11-13,16H2,1-2H3,(H,26,31)(H,29,30)(H2,27,28,32). The Morgan fingerprint density at radius 1 is 0.969 bits per heavy atom. The molecule has 1 atom stereocenters. The minimum absolute atomic E-state index is 0.141. The topological polar surface area (TPSA) is 111 Å². The summed E-state index contributed by atoms with van der Waals surface area (Å²) in [7, 11) is 1.87. The Hall–Kier alpha value is -3.29. The van der Waals surface area contributed by atoms with Crippen LogP contribution in [0.3, 0.4) is 0 Å². The van der Waals surface area contributed by atoms with Crippen molar-refractivity contribution in [3.63, 3.8) is 0 Å². The molecule has 8 nitrogen and oxygen atoms in total. The van der Waals surface area contributed by atoms with Gasteiger partial charge in [-0.2, -0.15) is 0 Å². The Kier molecular flexibility index (Phi) is 10.8. The van der Waals surface area contributed by atoms with Crippen LogP contribution in [-0.4, -0.2) is 51.1 Å². The first-order valence-electron chi connectivity index (χ1n) is 11.3. The van der Waals surface area contributed by atoms with Crippen molar-refractivity contribution in [2.24, 2.45) is 0 Å². The monoisotopic (exact) mass is 441 g/mol. The van der Waals surface area contributed by atoms with Crippen molar-refractivity contribution in [2.75, 3.05) is 32.0 Å². The number of hydrogen-bond acceptors (Lipinski definition) is 4. The van der Waals surface area contributed by atoms with E-state index >= 15 is 0 Å². The van der Waals surface area contributed by atoms with Gasteiger partial charge < -0.3 is 26.6 Å². The van der Waals surface area contributed by atoms with Crippen LogP contribution in [0.5, 0.6) is 0 Å². The fourth-order valence-corrected chi connectivity index (χ4v) is 3.51. The second-order valence-corrected chi connectivity index (χ2v) is 7.69. The molecule has 174 valence electrons. The number of urea groups is 1. The lowest BCUT2D eigenvalue weighted by molar-refractivity contribution is -0.125. The number of amides is 4. The van der Waals surface area contributed by atoms with Crippen molar-refractivity contribution >= 4 is 34.8 Å². The third kappa shape index (κ3) is 8.09. The molecule has 0 radical (unpaired) electrons. The average Bonchev–Trinajstić information content (AvgIpc) is 2.81. The highest BCUT2D eigenvalue weighted by atomic mass is 16.2. The van der Waals surface area contributed by atoms with Gasteiger partial charge in [0.1, 0.15) is 6.04 Å². The summed E-state index contributed by atoms with van der Waals surface area (Å²) in [6.45, 7) is 3.81. The zero-order valence-electron chi connectivity index (χ0n) is 19.0. The van der Waals surface area contributed by atoms with Gasteiger partial charge in [0.25, 0.3) is 0 Å². The normalized spacial score (nSPS) is 11.4. The van der Waals surface area contributed by atoms with Gasteiger partial charge in [-0.3, -0.25) is 9.59 Å². The Labute approximate surface area is 189 Å². The van der Waals surface area contributed by atoms with Gasteiger partial charge in [-0.05, 0) is 42.7 Å². The highest BCUT2D eigenvalue weighted by Crippen LogP contribution is 2.25. The number of benzene rings is 2. The van der Waals surface area contributed by atoms with Crippen LogP contribution in [0.2, 0.25) is 0 Å². The highest BCUT2D eigenvalue weighted by molar-refractivity contribution is 5.94. The van der Waals surface area contributed by atoms with E-state index in [1.807, 2.05) is 50.4 Å². The molecule has 0 saturated heterocycles. The summed E-state index contributed by atoms with van der Waals surface area (Å²) in [6.07, 6.45) is 4.41. The van der Waals surface area contributed by atoms with E-state index in [9.17, 15) is 14.4 Å². The van der Waals surface area contributed by atoms with E-state index in [0.29, 0.717) is 32.5 Å². The van der Waals surface area contributed by atoms with Crippen LogP contribution < -0.4 is 26.6 Å². The number of rotatable bonds is 14. The van der Waals surface area contributed by atoms with Crippen molar-refractivity contribution in [3.05, 3.63) is 42.0 Å². The fourth-order valence-electron chi connectivity index (χ4n) is 3.51. The molecular formula is C24H35N5O3. The molecule has 0 fully saturated rings. The minimum Gasteiger partial charge on any atom is -0.388 e. The molecule has 0 heterocycles. The summed E-state index contributed by atoms with van der Waals surface area (Å²) in [5.74, 6) is -0.201. The molecule has 0 aromatic heterocycles. The van der Waals surface area contributed by atoms with Gasteiger partial charge in [-0.15, -0.1) is 0 Å². The third-order valence-corrected chi connectivity index (χ3v) is 5.19. The van der Waals surface area contributed by atoms with Crippen molar-refractivity contribution in [2.45, 2.75) is 45.1 Å². The van der Waals surface area contributed by atoms with Gasteiger partial charge in [-0.25, -0.2) is 4.79 Å². The van der Waals surface area contributed by atoms with Crippen molar-refractivity contribution < 1.29 is 14.4 Å². The van der Waals surface area contributed by atoms with E-state index < -0.39 is 6.04 Å². The van der Waals surface area contributed by atoms with Crippen LogP contribution in [0, 0.1) is 0 Å². The first-order valence-corrected chi connectivity index (χ1v) is 11.3. The highest BCUT2D eigenvalue weighted by Gasteiger charge is 2.18. The maximum atomic E-state index is 12.6. The summed E-state index contributed by atoms with van der Waals surface area (Å²) >= 11 is 0. The fraction of sp³-hybridized carbons (Fsp3) is 0.458. The molecule has 0 spiro atoms. The van der Waals surface area contributed by atoms with E-state index in [0.717, 1.165) is 47.7 Å². The van der Waals surface area contributed by atoms with Crippen molar-refractivity contribution in [3.8, 4) is 0 Å². The van der Waals surface area contributed by atoms with Crippen LogP contribution >= 0.6 is 0 Å². The van der Waals surface area contributed by atoms with E-state index in [1.165, 1.54) is 0 Å². The quantitative estimate of drug-likeness (QED) is 0.229. The third-order valence-electron chi connectivity index (χ3n) is 5.19. The van der Waals surface area contributed by atoms with Gasteiger partial charge in [0.15, 0.2) is 0 Å². The number of fused-ring (bicyclic) bond motifs is 1. The van der Waals surface area contributed by atoms with Gasteiger partial charge in [0, 0.05) is 44.2 Å². The van der Waals surface area contributed by atoms with E-state index in [4.69, 9.17) is 0 Å². The zero-order valence-corrected chi connectivity index (χ0v) is 19.0. The molecular weight excluding hydrogens is 406 g/mol. The number of carbonyl (C=O) groups excluding carboxylic acids is 3. The Bertz CT molecular complexity index is 887. The van der Waals surface area contributed by atoms with Gasteiger partial charge in [-0.1, -0.05) is 37.3 Å². The minimum atomic E-state index is -0.637. The molecule has 2 rings (SSSR count). The number of unbranched alkanes of at least 4 members (excludes halogenated alkanes) is 2. The molecule has 0 saturated carbocycles. The largest absolute Gasteiger partial charge is 0.388 e. The summed E-state index contributed by atoms with van der Waals surface area (Å²) < 4.78 is 0. The zero-order chi connectivity index (χ0) is 23.2. The van der Waals surface area contributed by atoms with Gasteiger partial charge in [0.2, 0.25) is 12.3 Å². The molecule has 4 amide bonds. The molecule has 5 N–H and O–H groups in total. The lowest BCUT2D eigenvalue weighted by atomic mass is 9.99. The lowest BCUT2D eigenvalue weighted by Gasteiger charge is -2.17. The first kappa shape index (κ1) is 25.0. The molecule has 0 bridgehead atoms. The first-order chi connectivity index (χ1) is 15.6. The SMILES string of the molecule is CCCNC(=O)NCCCCCNC(=O)C(Cc1cc(NC)c2ccccc2c1)NC=O. The van der Waals surface area contributed by atoms with Gasteiger partial charge in [0.05, 0.1) is 0 Å². The molecule has 2 aromatic rings. The van der Waals surface area contributed by atoms with Crippen molar-refractivity contribution in [1.82, 2.24) is 21.3 Å². The second kappa shape index (κ2) is 13.9. The van der Waals surface area contributed by atoms with Crippen LogP contribution in [0.4, 0.5) is 10.5 Å². The van der Waals surface area contributed by atoms with Crippen LogP contribution in [-0.2, 0) is 16.0 Å². The maximum absolute atomic E-state index is 12.6. The Morgan fingerprint density at radius 2 is 1.69 bits per heavy atom. The lowest BCUT2D eigenvalue weighted by Crippen LogP contribution is -2.45. The summed E-state index contributed by atoms with van der Waals surface area (Å²) in [5.41, 5.74) is 1.95. The molecule has 0 aliphatic heterocycles. The Balaban J connectivity index is 1.80. The van der Waals surface area contributed by atoms with Crippen molar-refractivity contribution in [1.29, 1.82) is 0 Å². The number of nitrogens with one attached hydrogen (secondary N) is 5. The summed E-state index contributed by atoms with van der Waals surface area (Å²) in [5, 5.41) is 16.5. The number of carbonyl (C=O) groups is 3. The number of anilines is 1. The smallest absolute Gasteiger partial charge is 0.314 e. The molecule has 0 aliphatic carbocycles. The maximum Gasteiger partial charge on any atom is 0.314 e. The molecule has 32 heavy (non-hydrogen) atoms. The summed E-state index contributed by atoms with van der Waals surface area (Å²) in [6, 6.07) is 11.3. The molecule has 2 aromatic carbocycles. The van der Waals surface area contributed by atoms with E-state index in [-0.39, 0.29) is 11.9 Å². The summed E-state index contributed by atoms with van der Waals surface area (Å²) in [4.78, 5) is 35.2. The second-order valence-electron chi connectivity index (χ2n) is 7.69.